The van der Waals surface area contributed by atoms with Gasteiger partial charge in [0.2, 0.25) is 0 Å². The molecule has 102 valence electrons. The van der Waals surface area contributed by atoms with E-state index in [9.17, 15) is 0 Å². The first-order valence-electron chi connectivity index (χ1n) is 7.65. The molecule has 0 aliphatic heterocycles. The topological polar surface area (TPSA) is 12.0 Å². The van der Waals surface area contributed by atoms with Gasteiger partial charge in [0.15, 0.2) is 0 Å². The molecule has 1 fully saturated rings. The van der Waals surface area contributed by atoms with E-state index in [0.29, 0.717) is 5.41 Å². The number of nitrogens with one attached hydrogen (secondary N) is 1. The average Bonchev–Trinajstić information content (AvgIpc) is 2.61. The summed E-state index contributed by atoms with van der Waals surface area (Å²) in [7, 11) is 0. The lowest BCUT2D eigenvalue weighted by molar-refractivity contribution is 0.268. The highest BCUT2D eigenvalue weighted by atomic mass is 14.9. The summed E-state index contributed by atoms with van der Waals surface area (Å²) in [5.41, 5.74) is 0.589. The van der Waals surface area contributed by atoms with Crippen LogP contribution in [0.5, 0.6) is 0 Å². The Bertz CT molecular complexity index is 192. The van der Waals surface area contributed by atoms with Crippen molar-refractivity contribution in [3.63, 3.8) is 0 Å². The van der Waals surface area contributed by atoms with E-state index in [1.165, 1.54) is 45.1 Å². The lowest BCUT2D eigenvalue weighted by atomic mass is 9.87. The molecule has 0 aromatic carbocycles. The second-order valence-electron chi connectivity index (χ2n) is 7.35. The first kappa shape index (κ1) is 15.0. The van der Waals surface area contributed by atoms with Crippen LogP contribution in [0, 0.1) is 17.3 Å². The van der Waals surface area contributed by atoms with Gasteiger partial charge in [-0.1, -0.05) is 47.5 Å². The summed E-state index contributed by atoms with van der Waals surface area (Å²) < 4.78 is 0. The van der Waals surface area contributed by atoms with E-state index in [1.54, 1.807) is 0 Å². The highest BCUT2D eigenvalue weighted by Gasteiger charge is 2.29. The van der Waals surface area contributed by atoms with Crippen molar-refractivity contribution in [2.45, 2.75) is 79.2 Å². The standard InChI is InChI=1S/C16H33N/c1-13(2)10-15(11-14(3)4)17-12-16(5)8-6-7-9-16/h13-15,17H,6-12H2,1-5H3. The van der Waals surface area contributed by atoms with Crippen molar-refractivity contribution in [1.29, 1.82) is 0 Å². The fraction of sp³-hybridized carbons (Fsp3) is 1.00. The second-order valence-corrected chi connectivity index (χ2v) is 7.35. The molecule has 0 unspecified atom stereocenters. The van der Waals surface area contributed by atoms with Crippen LogP contribution in [0.1, 0.15) is 73.1 Å². The number of rotatable bonds is 7. The highest BCUT2D eigenvalue weighted by Crippen LogP contribution is 2.37. The molecule has 0 amide bonds. The van der Waals surface area contributed by atoms with Gasteiger partial charge < -0.3 is 5.32 Å². The van der Waals surface area contributed by atoms with Gasteiger partial charge in [-0.25, -0.2) is 0 Å². The van der Waals surface area contributed by atoms with E-state index in [1.807, 2.05) is 0 Å². The summed E-state index contributed by atoms with van der Waals surface area (Å²) in [6, 6.07) is 0.729. The van der Waals surface area contributed by atoms with Crippen LogP contribution in [0.15, 0.2) is 0 Å². The monoisotopic (exact) mass is 239 g/mol. The molecule has 1 aliphatic rings. The van der Waals surface area contributed by atoms with Gasteiger partial charge in [0.1, 0.15) is 0 Å². The molecule has 0 spiro atoms. The third-order valence-corrected chi connectivity index (χ3v) is 4.14. The first-order valence-corrected chi connectivity index (χ1v) is 7.65. The molecule has 17 heavy (non-hydrogen) atoms. The fourth-order valence-corrected chi connectivity index (χ4v) is 3.20. The van der Waals surface area contributed by atoms with Crippen LogP contribution in [-0.2, 0) is 0 Å². The van der Waals surface area contributed by atoms with Crippen LogP contribution in [-0.4, -0.2) is 12.6 Å². The molecule has 0 heterocycles. The van der Waals surface area contributed by atoms with Gasteiger partial charge in [-0.2, -0.15) is 0 Å². The lowest BCUT2D eigenvalue weighted by Crippen LogP contribution is -2.38. The maximum Gasteiger partial charge on any atom is 0.00721 e. The van der Waals surface area contributed by atoms with E-state index < -0.39 is 0 Å². The Labute approximate surface area is 109 Å². The smallest absolute Gasteiger partial charge is 0.00721 e. The van der Waals surface area contributed by atoms with Crippen LogP contribution < -0.4 is 5.32 Å². The van der Waals surface area contributed by atoms with Crippen LogP contribution >= 0.6 is 0 Å². The van der Waals surface area contributed by atoms with Crippen molar-refractivity contribution in [3.05, 3.63) is 0 Å². The van der Waals surface area contributed by atoms with E-state index in [4.69, 9.17) is 0 Å². The average molecular weight is 239 g/mol. The first-order chi connectivity index (χ1) is 7.91. The third kappa shape index (κ3) is 5.90. The van der Waals surface area contributed by atoms with Gasteiger partial charge in [0.05, 0.1) is 0 Å². The van der Waals surface area contributed by atoms with Gasteiger partial charge in [-0.3, -0.25) is 0 Å². The van der Waals surface area contributed by atoms with Crippen LogP contribution in [0.4, 0.5) is 0 Å². The highest BCUT2D eigenvalue weighted by molar-refractivity contribution is 4.84. The molecule has 1 N–H and O–H groups in total. The molecule has 1 aliphatic carbocycles. The van der Waals surface area contributed by atoms with Crippen LogP contribution in [0.25, 0.3) is 0 Å². The normalized spacial score (nSPS) is 19.8. The maximum atomic E-state index is 3.86. The van der Waals surface area contributed by atoms with Crippen molar-refractivity contribution in [3.8, 4) is 0 Å². The number of hydrogen-bond donors (Lipinski definition) is 1. The van der Waals surface area contributed by atoms with Crippen molar-refractivity contribution < 1.29 is 0 Å². The molecule has 0 aromatic heterocycles. The zero-order valence-corrected chi connectivity index (χ0v) is 12.7. The summed E-state index contributed by atoms with van der Waals surface area (Å²) in [5.74, 6) is 1.62. The summed E-state index contributed by atoms with van der Waals surface area (Å²) in [4.78, 5) is 0. The predicted molar refractivity (Wildman–Crippen MR) is 77.3 cm³/mol. The molecule has 0 bridgehead atoms. The van der Waals surface area contributed by atoms with Gasteiger partial charge in [-0.15, -0.1) is 0 Å². The Morgan fingerprint density at radius 2 is 1.41 bits per heavy atom. The van der Waals surface area contributed by atoms with Crippen LogP contribution in [0.2, 0.25) is 0 Å². The minimum absolute atomic E-state index is 0.589. The predicted octanol–water partition coefficient (Wildman–Crippen LogP) is 4.62. The molecule has 1 heteroatoms. The van der Waals surface area contributed by atoms with E-state index in [-0.39, 0.29) is 0 Å². The maximum absolute atomic E-state index is 3.86. The Morgan fingerprint density at radius 3 is 1.82 bits per heavy atom. The Hall–Kier alpha value is -0.0400. The summed E-state index contributed by atoms with van der Waals surface area (Å²) in [6.07, 6.45) is 8.39. The number of hydrogen-bond acceptors (Lipinski definition) is 1. The fourth-order valence-electron chi connectivity index (χ4n) is 3.20. The van der Waals surface area contributed by atoms with Crippen molar-refractivity contribution in [1.82, 2.24) is 5.32 Å². The second kappa shape index (κ2) is 6.78. The van der Waals surface area contributed by atoms with Crippen LogP contribution in [0.3, 0.4) is 0 Å². The van der Waals surface area contributed by atoms with Gasteiger partial charge >= 0.3 is 0 Å². The molecule has 0 saturated heterocycles. The van der Waals surface area contributed by atoms with Crippen molar-refractivity contribution in [2.24, 2.45) is 17.3 Å². The van der Waals surface area contributed by atoms with Gasteiger partial charge in [-0.05, 0) is 42.9 Å². The summed E-state index contributed by atoms with van der Waals surface area (Å²) >= 11 is 0. The molecule has 0 atom stereocenters. The van der Waals surface area contributed by atoms with E-state index in [2.05, 4.69) is 39.9 Å². The molecular formula is C16H33N. The third-order valence-electron chi connectivity index (χ3n) is 4.14. The zero-order chi connectivity index (χ0) is 12.9. The summed E-state index contributed by atoms with van der Waals surface area (Å²) in [5, 5.41) is 3.86. The Kier molecular flexibility index (Phi) is 5.99. The minimum atomic E-state index is 0.589. The Balaban J connectivity index is 2.36. The molecule has 1 nitrogen and oxygen atoms in total. The molecule has 1 saturated carbocycles. The quantitative estimate of drug-likeness (QED) is 0.683. The van der Waals surface area contributed by atoms with Crippen molar-refractivity contribution >= 4 is 0 Å². The lowest BCUT2D eigenvalue weighted by Gasteiger charge is -2.29. The molecule has 0 radical (unpaired) electrons. The zero-order valence-electron chi connectivity index (χ0n) is 12.7. The molecular weight excluding hydrogens is 206 g/mol. The largest absolute Gasteiger partial charge is 0.313 e. The van der Waals surface area contributed by atoms with E-state index in [0.717, 1.165) is 17.9 Å². The molecule has 0 aromatic rings. The SMILES string of the molecule is CC(C)CC(CC(C)C)NCC1(C)CCCC1. The van der Waals surface area contributed by atoms with Crippen molar-refractivity contribution in [2.75, 3.05) is 6.54 Å². The summed E-state index contributed by atoms with van der Waals surface area (Å²) in [6.45, 7) is 13.1. The minimum Gasteiger partial charge on any atom is -0.313 e. The van der Waals surface area contributed by atoms with E-state index >= 15 is 0 Å². The van der Waals surface area contributed by atoms with Gasteiger partial charge in [0, 0.05) is 12.6 Å². The Morgan fingerprint density at radius 1 is 0.941 bits per heavy atom. The van der Waals surface area contributed by atoms with Gasteiger partial charge in [0.25, 0.3) is 0 Å². The molecule has 1 rings (SSSR count).